The van der Waals surface area contributed by atoms with Gasteiger partial charge in [0.15, 0.2) is 0 Å². The molecular formula is C60H54N5OPt-3. The van der Waals surface area contributed by atoms with E-state index >= 15 is 0 Å². The first-order valence-electron chi connectivity index (χ1n) is 23.0. The Morgan fingerprint density at radius 1 is 0.478 bits per heavy atom. The van der Waals surface area contributed by atoms with E-state index in [-0.39, 0.29) is 37.3 Å². The SMILES string of the molecule is CC(C)(C)c1cc(N2[CH-]N(c3[c-]c(Oc4[c-]c5c(cc4)c4c(-n6c7ccccc7c7ccccc76)cccc4n5-c4cc(C(C)(C)C)ccn4)ccc3)c3ccccc32)cc(C(C)(C)C)c1.[Pt]. The second-order valence-electron chi connectivity index (χ2n) is 20.7. The fraction of sp³-hybridized carbons (Fsp3) is 0.200. The van der Waals surface area contributed by atoms with Crippen LogP contribution < -0.4 is 14.5 Å². The van der Waals surface area contributed by atoms with Crippen molar-refractivity contribution in [3.05, 3.63) is 193 Å². The number of fused-ring (bicyclic) bond motifs is 7. The third-order valence-corrected chi connectivity index (χ3v) is 13.1. The Bertz CT molecular complexity index is 3440. The van der Waals surface area contributed by atoms with E-state index in [0.717, 1.165) is 67.1 Å². The van der Waals surface area contributed by atoms with Crippen LogP contribution in [0.2, 0.25) is 0 Å². The van der Waals surface area contributed by atoms with Crippen LogP contribution in [0.3, 0.4) is 0 Å². The predicted molar refractivity (Wildman–Crippen MR) is 275 cm³/mol. The van der Waals surface area contributed by atoms with Gasteiger partial charge in [0.25, 0.3) is 0 Å². The van der Waals surface area contributed by atoms with E-state index in [2.05, 4.69) is 234 Å². The van der Waals surface area contributed by atoms with Gasteiger partial charge in [-0.1, -0.05) is 134 Å². The average molecular weight is 1060 g/mol. The maximum Gasteiger partial charge on any atom is 0.135 e. The number of hydrogen-bond acceptors (Lipinski definition) is 4. The molecule has 0 bridgehead atoms. The van der Waals surface area contributed by atoms with Crippen LogP contribution in [0, 0.1) is 18.8 Å². The summed E-state index contributed by atoms with van der Waals surface area (Å²) in [6.45, 7) is 22.6. The van der Waals surface area contributed by atoms with E-state index in [0.29, 0.717) is 11.5 Å². The first kappa shape index (κ1) is 44.2. The van der Waals surface area contributed by atoms with Crippen LogP contribution in [-0.4, -0.2) is 14.1 Å². The van der Waals surface area contributed by atoms with Gasteiger partial charge < -0.3 is 23.7 Å². The quantitative estimate of drug-likeness (QED) is 0.156. The summed E-state index contributed by atoms with van der Waals surface area (Å²) in [6, 6.07) is 61.5. The third-order valence-electron chi connectivity index (χ3n) is 13.1. The fourth-order valence-electron chi connectivity index (χ4n) is 9.51. The molecule has 338 valence electrons. The van der Waals surface area contributed by atoms with Gasteiger partial charge in [-0.15, -0.1) is 42.7 Å². The van der Waals surface area contributed by atoms with Crippen molar-refractivity contribution in [3.63, 3.8) is 0 Å². The zero-order valence-electron chi connectivity index (χ0n) is 39.5. The van der Waals surface area contributed by atoms with Crippen molar-refractivity contribution in [3.8, 4) is 23.0 Å². The zero-order valence-corrected chi connectivity index (χ0v) is 41.8. The molecule has 1 aliphatic heterocycles. The van der Waals surface area contributed by atoms with Crippen molar-refractivity contribution in [2.24, 2.45) is 0 Å². The molecule has 6 nitrogen and oxygen atoms in total. The molecule has 0 aliphatic carbocycles. The summed E-state index contributed by atoms with van der Waals surface area (Å²) in [5.74, 6) is 2.02. The van der Waals surface area contributed by atoms with E-state index in [9.17, 15) is 0 Å². The molecule has 1 aliphatic rings. The molecule has 7 aromatic carbocycles. The Morgan fingerprint density at radius 2 is 1.04 bits per heavy atom. The third kappa shape index (κ3) is 7.70. The molecule has 7 heteroatoms. The van der Waals surface area contributed by atoms with Crippen LogP contribution in [0.4, 0.5) is 22.7 Å². The van der Waals surface area contributed by atoms with Crippen LogP contribution in [0.25, 0.3) is 55.1 Å². The molecule has 0 saturated carbocycles. The van der Waals surface area contributed by atoms with Crippen LogP contribution in [0.1, 0.15) is 79.0 Å². The second-order valence-corrected chi connectivity index (χ2v) is 20.7. The molecule has 11 rings (SSSR count). The summed E-state index contributed by atoms with van der Waals surface area (Å²) in [6.07, 6.45) is 1.92. The first-order valence-corrected chi connectivity index (χ1v) is 23.0. The van der Waals surface area contributed by atoms with Gasteiger partial charge in [-0.05, 0) is 99.0 Å². The summed E-state index contributed by atoms with van der Waals surface area (Å²) in [7, 11) is 0. The molecule has 10 aromatic rings. The van der Waals surface area contributed by atoms with E-state index in [1.54, 1.807) is 0 Å². The molecule has 0 spiro atoms. The minimum atomic E-state index is -0.0699. The molecule has 0 unspecified atom stereocenters. The largest absolute Gasteiger partial charge is 0.509 e. The van der Waals surface area contributed by atoms with Gasteiger partial charge in [0.05, 0.1) is 11.0 Å². The normalized spacial score (nSPS) is 13.2. The smallest absolute Gasteiger partial charge is 0.135 e. The van der Waals surface area contributed by atoms with Crippen molar-refractivity contribution in [1.29, 1.82) is 0 Å². The van der Waals surface area contributed by atoms with E-state index < -0.39 is 0 Å². The second kappa shape index (κ2) is 16.3. The fourth-order valence-corrected chi connectivity index (χ4v) is 9.51. The van der Waals surface area contributed by atoms with Gasteiger partial charge in [0, 0.05) is 77.8 Å². The number of para-hydroxylation sites is 4. The number of nitrogens with zero attached hydrogens (tertiary/aromatic N) is 5. The Labute approximate surface area is 408 Å². The maximum absolute atomic E-state index is 6.77. The summed E-state index contributed by atoms with van der Waals surface area (Å²) in [4.78, 5) is 9.52. The monoisotopic (exact) mass is 1060 g/mol. The van der Waals surface area contributed by atoms with E-state index in [1.807, 2.05) is 24.4 Å². The molecular weight excluding hydrogens is 1000 g/mol. The number of hydrogen-bond donors (Lipinski definition) is 0. The Balaban J connectivity index is 0.00000525. The molecule has 0 atom stereocenters. The van der Waals surface area contributed by atoms with Crippen LogP contribution in [0.5, 0.6) is 11.5 Å². The molecule has 0 fully saturated rings. The summed E-state index contributed by atoms with van der Waals surface area (Å²) < 4.78 is 11.4. The molecule has 3 aromatic heterocycles. The number of ether oxygens (including phenoxy) is 1. The number of pyridine rings is 1. The molecule has 0 radical (unpaired) electrons. The molecule has 67 heavy (non-hydrogen) atoms. The zero-order chi connectivity index (χ0) is 45.7. The minimum absolute atomic E-state index is 0. The minimum Gasteiger partial charge on any atom is -0.509 e. The Morgan fingerprint density at radius 3 is 1.70 bits per heavy atom. The van der Waals surface area contributed by atoms with Crippen molar-refractivity contribution in [1.82, 2.24) is 14.1 Å². The van der Waals surface area contributed by atoms with E-state index in [4.69, 9.17) is 9.72 Å². The Kier molecular flexibility index (Phi) is 10.8. The predicted octanol–water partition coefficient (Wildman–Crippen LogP) is 16.0. The van der Waals surface area contributed by atoms with Gasteiger partial charge in [0.1, 0.15) is 5.82 Å². The summed E-state index contributed by atoms with van der Waals surface area (Å²) in [5.41, 5.74) is 13.3. The number of rotatable bonds is 6. The van der Waals surface area contributed by atoms with Gasteiger partial charge in [0.2, 0.25) is 0 Å². The van der Waals surface area contributed by atoms with Gasteiger partial charge in [-0.2, -0.15) is 12.1 Å². The summed E-state index contributed by atoms with van der Waals surface area (Å²) in [5, 5.41) is 4.63. The van der Waals surface area contributed by atoms with Crippen molar-refractivity contribution < 1.29 is 25.8 Å². The van der Waals surface area contributed by atoms with Gasteiger partial charge in [-0.25, -0.2) is 4.98 Å². The van der Waals surface area contributed by atoms with Crippen LogP contribution in [-0.2, 0) is 37.3 Å². The summed E-state index contributed by atoms with van der Waals surface area (Å²) >= 11 is 0. The number of aromatic nitrogens is 3. The van der Waals surface area contributed by atoms with Crippen LogP contribution >= 0.6 is 0 Å². The van der Waals surface area contributed by atoms with Gasteiger partial charge >= 0.3 is 0 Å². The van der Waals surface area contributed by atoms with Crippen molar-refractivity contribution in [2.75, 3.05) is 9.80 Å². The van der Waals surface area contributed by atoms with Crippen molar-refractivity contribution in [2.45, 2.75) is 78.6 Å². The molecule has 4 heterocycles. The molecule has 0 saturated heterocycles. The first-order chi connectivity index (χ1) is 31.6. The maximum atomic E-state index is 6.77. The van der Waals surface area contributed by atoms with E-state index in [1.165, 1.54) is 27.5 Å². The van der Waals surface area contributed by atoms with Gasteiger partial charge in [-0.3, -0.25) is 0 Å². The van der Waals surface area contributed by atoms with Crippen LogP contribution in [0.15, 0.2) is 158 Å². The van der Waals surface area contributed by atoms with Crippen molar-refractivity contribution >= 4 is 66.4 Å². The molecule has 0 amide bonds. The Hall–Kier alpha value is -6.62. The molecule has 0 N–H and O–H groups in total. The average Bonchev–Trinajstić information content (AvgIpc) is 3.96. The number of benzene rings is 7. The standard InChI is InChI=1S/C60H54N5O.Pt/c1-58(2,3)39-30-31-61-56(35-39)65-54-27-17-26-53(64-49-22-12-10-20-46(49)47-21-11-13-23-50(47)64)57(54)48-29-28-45(37-55(48)65)66-44-19-16-18-42(36-44)62-38-63(52-25-15-14-24-51(52)62)43-33-40(59(4,5)6)32-41(34-43)60(7,8)9;/h10-35,38H,1-9H3;/q-3;. The topological polar surface area (TPSA) is 38.5 Å². The number of anilines is 4.